The molecule has 0 saturated carbocycles. The van der Waals surface area contributed by atoms with Crippen LogP contribution in [0.3, 0.4) is 0 Å². The third kappa shape index (κ3) is 3.41. The standard InChI is InChI=1S/C15H12FNO3/c16-12-9-11(15(19)20)6-7-13(12)17-14(18)8-10-4-2-1-3-5-10/h1-7,9H,8H2,(H,17,18)(H,19,20). The topological polar surface area (TPSA) is 66.4 Å². The van der Waals surface area contributed by atoms with Gasteiger partial charge in [-0.1, -0.05) is 30.3 Å². The zero-order valence-corrected chi connectivity index (χ0v) is 10.5. The number of aromatic carboxylic acids is 1. The number of hydrogen-bond acceptors (Lipinski definition) is 2. The summed E-state index contributed by atoms with van der Waals surface area (Å²) in [5, 5.41) is 11.1. The van der Waals surface area contributed by atoms with Gasteiger partial charge in [0.2, 0.25) is 5.91 Å². The fraction of sp³-hybridized carbons (Fsp3) is 0.0667. The maximum absolute atomic E-state index is 13.6. The van der Waals surface area contributed by atoms with E-state index in [1.165, 1.54) is 12.1 Å². The van der Waals surface area contributed by atoms with Crippen molar-refractivity contribution in [2.24, 2.45) is 0 Å². The van der Waals surface area contributed by atoms with Gasteiger partial charge in [0.05, 0.1) is 17.7 Å². The summed E-state index contributed by atoms with van der Waals surface area (Å²) in [7, 11) is 0. The molecule has 0 heterocycles. The van der Waals surface area contributed by atoms with Crippen molar-refractivity contribution in [3.05, 3.63) is 65.5 Å². The molecule has 2 aromatic rings. The third-order valence-corrected chi connectivity index (χ3v) is 2.70. The molecule has 0 radical (unpaired) electrons. The normalized spacial score (nSPS) is 10.1. The van der Waals surface area contributed by atoms with Gasteiger partial charge in [0.15, 0.2) is 0 Å². The van der Waals surface area contributed by atoms with Crippen molar-refractivity contribution in [3.8, 4) is 0 Å². The van der Waals surface area contributed by atoms with Gasteiger partial charge in [0.25, 0.3) is 0 Å². The summed E-state index contributed by atoms with van der Waals surface area (Å²) in [4.78, 5) is 22.4. The van der Waals surface area contributed by atoms with E-state index in [-0.39, 0.29) is 23.6 Å². The van der Waals surface area contributed by atoms with Gasteiger partial charge in [0.1, 0.15) is 5.82 Å². The fourth-order valence-electron chi connectivity index (χ4n) is 1.73. The minimum absolute atomic E-state index is 0.0315. The molecule has 0 atom stereocenters. The predicted molar refractivity (Wildman–Crippen MR) is 72.1 cm³/mol. The van der Waals surface area contributed by atoms with Gasteiger partial charge in [-0.2, -0.15) is 0 Å². The van der Waals surface area contributed by atoms with E-state index in [2.05, 4.69) is 5.32 Å². The smallest absolute Gasteiger partial charge is 0.335 e. The Bertz CT molecular complexity index is 641. The van der Waals surface area contributed by atoms with Crippen LogP contribution in [0.1, 0.15) is 15.9 Å². The Balaban J connectivity index is 2.06. The van der Waals surface area contributed by atoms with Crippen molar-refractivity contribution in [3.63, 3.8) is 0 Å². The van der Waals surface area contributed by atoms with Gasteiger partial charge in [0, 0.05) is 0 Å². The summed E-state index contributed by atoms with van der Waals surface area (Å²) in [6, 6.07) is 12.4. The molecule has 4 nitrogen and oxygen atoms in total. The maximum Gasteiger partial charge on any atom is 0.335 e. The number of amides is 1. The number of halogens is 1. The van der Waals surface area contributed by atoms with Crippen molar-refractivity contribution in [1.29, 1.82) is 0 Å². The number of carbonyl (C=O) groups is 2. The van der Waals surface area contributed by atoms with E-state index in [0.717, 1.165) is 11.6 Å². The molecule has 20 heavy (non-hydrogen) atoms. The highest BCUT2D eigenvalue weighted by Crippen LogP contribution is 2.16. The summed E-state index contributed by atoms with van der Waals surface area (Å²) in [6.07, 6.45) is 0.126. The van der Waals surface area contributed by atoms with Crippen LogP contribution in [-0.4, -0.2) is 17.0 Å². The molecule has 0 aliphatic carbocycles. The monoisotopic (exact) mass is 273 g/mol. The van der Waals surface area contributed by atoms with Crippen molar-refractivity contribution in [2.75, 3.05) is 5.32 Å². The molecule has 0 unspecified atom stereocenters. The Morgan fingerprint density at radius 2 is 1.80 bits per heavy atom. The van der Waals surface area contributed by atoms with Crippen LogP contribution in [0.2, 0.25) is 0 Å². The van der Waals surface area contributed by atoms with Crippen LogP contribution in [0.4, 0.5) is 10.1 Å². The van der Waals surface area contributed by atoms with E-state index in [0.29, 0.717) is 0 Å². The number of hydrogen-bond donors (Lipinski definition) is 2. The lowest BCUT2D eigenvalue weighted by Crippen LogP contribution is -2.15. The first-order valence-electron chi connectivity index (χ1n) is 5.93. The first-order valence-corrected chi connectivity index (χ1v) is 5.93. The highest BCUT2D eigenvalue weighted by Gasteiger charge is 2.11. The molecule has 0 saturated heterocycles. The number of carboxylic acids is 1. The molecule has 2 rings (SSSR count). The molecule has 0 aliphatic rings. The van der Waals surface area contributed by atoms with Gasteiger partial charge in [-0.3, -0.25) is 4.79 Å². The van der Waals surface area contributed by atoms with Crippen molar-refractivity contribution < 1.29 is 19.1 Å². The van der Waals surface area contributed by atoms with Crippen LogP contribution < -0.4 is 5.32 Å². The molecular formula is C15H12FNO3. The average molecular weight is 273 g/mol. The van der Waals surface area contributed by atoms with Crippen LogP contribution in [0, 0.1) is 5.82 Å². The molecule has 0 aromatic heterocycles. The summed E-state index contributed by atoms with van der Waals surface area (Å²) >= 11 is 0. The minimum atomic E-state index is -1.22. The van der Waals surface area contributed by atoms with E-state index >= 15 is 0 Å². The van der Waals surface area contributed by atoms with Gasteiger partial charge < -0.3 is 10.4 Å². The first kappa shape index (κ1) is 13.7. The molecule has 5 heteroatoms. The quantitative estimate of drug-likeness (QED) is 0.900. The number of anilines is 1. The highest BCUT2D eigenvalue weighted by atomic mass is 19.1. The molecule has 0 spiro atoms. The second-order valence-electron chi connectivity index (χ2n) is 4.21. The van der Waals surface area contributed by atoms with Crippen molar-refractivity contribution >= 4 is 17.6 Å². The average Bonchev–Trinajstić information content (AvgIpc) is 2.42. The molecule has 0 bridgehead atoms. The molecule has 2 N–H and O–H groups in total. The molecular weight excluding hydrogens is 261 g/mol. The lowest BCUT2D eigenvalue weighted by Gasteiger charge is -2.07. The predicted octanol–water partition coefficient (Wildman–Crippen LogP) is 2.71. The largest absolute Gasteiger partial charge is 0.478 e. The lowest BCUT2D eigenvalue weighted by atomic mass is 10.1. The number of carbonyl (C=O) groups excluding carboxylic acids is 1. The molecule has 0 fully saturated rings. The Labute approximate surface area is 114 Å². The van der Waals surface area contributed by atoms with E-state index < -0.39 is 11.8 Å². The maximum atomic E-state index is 13.6. The summed E-state index contributed by atoms with van der Waals surface area (Å²) in [6.45, 7) is 0. The molecule has 2 aromatic carbocycles. The van der Waals surface area contributed by atoms with Crippen LogP contribution in [0.25, 0.3) is 0 Å². The van der Waals surface area contributed by atoms with Gasteiger partial charge in [-0.25, -0.2) is 9.18 Å². The number of nitrogens with one attached hydrogen (secondary N) is 1. The Hall–Kier alpha value is -2.69. The number of benzene rings is 2. The fourth-order valence-corrected chi connectivity index (χ4v) is 1.73. The zero-order valence-electron chi connectivity index (χ0n) is 10.5. The first-order chi connectivity index (χ1) is 9.56. The van der Waals surface area contributed by atoms with E-state index in [1.807, 2.05) is 18.2 Å². The van der Waals surface area contributed by atoms with Gasteiger partial charge >= 0.3 is 5.97 Å². The van der Waals surface area contributed by atoms with Crippen LogP contribution in [0.15, 0.2) is 48.5 Å². The molecule has 0 aliphatic heterocycles. The molecule has 102 valence electrons. The Kier molecular flexibility index (Phi) is 4.10. The summed E-state index contributed by atoms with van der Waals surface area (Å²) in [5.41, 5.74) is 0.618. The zero-order chi connectivity index (χ0) is 14.5. The van der Waals surface area contributed by atoms with E-state index in [1.54, 1.807) is 12.1 Å². The highest BCUT2D eigenvalue weighted by molar-refractivity contribution is 5.93. The van der Waals surface area contributed by atoms with Crippen LogP contribution in [0.5, 0.6) is 0 Å². The Morgan fingerprint density at radius 1 is 1.10 bits per heavy atom. The van der Waals surface area contributed by atoms with Crippen molar-refractivity contribution in [2.45, 2.75) is 6.42 Å². The van der Waals surface area contributed by atoms with Crippen LogP contribution in [-0.2, 0) is 11.2 Å². The Morgan fingerprint density at radius 3 is 2.40 bits per heavy atom. The second kappa shape index (κ2) is 5.97. The van der Waals surface area contributed by atoms with Crippen LogP contribution >= 0.6 is 0 Å². The van der Waals surface area contributed by atoms with E-state index in [4.69, 9.17) is 5.11 Å². The van der Waals surface area contributed by atoms with E-state index in [9.17, 15) is 14.0 Å². The lowest BCUT2D eigenvalue weighted by molar-refractivity contribution is -0.115. The van der Waals surface area contributed by atoms with Gasteiger partial charge in [-0.15, -0.1) is 0 Å². The number of carboxylic acid groups (broad SMARTS) is 1. The summed E-state index contributed by atoms with van der Waals surface area (Å²) < 4.78 is 13.6. The number of rotatable bonds is 4. The minimum Gasteiger partial charge on any atom is -0.478 e. The molecule has 1 amide bonds. The third-order valence-electron chi connectivity index (χ3n) is 2.70. The second-order valence-corrected chi connectivity index (χ2v) is 4.21. The summed E-state index contributed by atoms with van der Waals surface area (Å²) in [5.74, 6) is -2.35. The SMILES string of the molecule is O=C(Cc1ccccc1)Nc1ccc(C(=O)O)cc1F. The van der Waals surface area contributed by atoms with Crippen molar-refractivity contribution in [1.82, 2.24) is 0 Å². The van der Waals surface area contributed by atoms with Gasteiger partial charge in [-0.05, 0) is 23.8 Å².